The van der Waals surface area contributed by atoms with Crippen LogP contribution in [0.3, 0.4) is 0 Å². The van der Waals surface area contributed by atoms with Gasteiger partial charge in [0.15, 0.2) is 0 Å². The first-order valence-corrected chi connectivity index (χ1v) is 6.28. The molecule has 2 unspecified atom stereocenters. The fourth-order valence-electron chi connectivity index (χ4n) is 2.33. The van der Waals surface area contributed by atoms with Crippen LogP contribution in [0, 0.1) is 6.92 Å². The zero-order valence-corrected chi connectivity index (χ0v) is 10.8. The Labute approximate surface area is 110 Å². The number of amides is 1. The minimum absolute atomic E-state index is 0.0503. The number of aryl methyl sites for hydroxylation is 1. The molecule has 1 aromatic rings. The monoisotopic (exact) mass is 262 g/mol. The van der Waals surface area contributed by atoms with E-state index in [2.05, 4.69) is 47.5 Å². The van der Waals surface area contributed by atoms with E-state index in [0.717, 1.165) is 6.42 Å². The first kappa shape index (κ1) is 11.4. The highest BCUT2D eigenvalue weighted by Gasteiger charge is 2.41. The van der Waals surface area contributed by atoms with Gasteiger partial charge in [0.2, 0.25) is 5.11 Å². The summed E-state index contributed by atoms with van der Waals surface area (Å²) in [7, 11) is 0. The average molecular weight is 262 g/mol. The number of carbonyl (C=O) groups is 1. The lowest BCUT2D eigenvalue weighted by atomic mass is 10.0. The minimum atomic E-state index is -0.231. The third kappa shape index (κ3) is 1.83. The molecule has 94 valence electrons. The number of nitrogens with zero attached hydrogens (tertiary/aromatic N) is 1. The van der Waals surface area contributed by atoms with E-state index in [9.17, 15) is 4.79 Å². The maximum absolute atomic E-state index is 11.7. The standard InChI is InChI=1S/C12H14N4OS/c1-7-2-4-8(5-3-7)9-6-10-11(17)13-14-12(18)16(10)15-9/h2-5,9-10,15H,6H2,1H3,(H,13,17)(H,14,18). The van der Waals surface area contributed by atoms with Gasteiger partial charge in [0.05, 0.1) is 6.04 Å². The van der Waals surface area contributed by atoms with Crippen molar-refractivity contribution in [3.8, 4) is 0 Å². The summed E-state index contributed by atoms with van der Waals surface area (Å²) in [6.07, 6.45) is 0.719. The molecular weight excluding hydrogens is 248 g/mol. The molecule has 1 amide bonds. The zero-order valence-electron chi connectivity index (χ0n) is 9.93. The molecule has 0 saturated carbocycles. The predicted molar refractivity (Wildman–Crippen MR) is 71.2 cm³/mol. The van der Waals surface area contributed by atoms with E-state index >= 15 is 0 Å². The van der Waals surface area contributed by atoms with Gasteiger partial charge in [-0.1, -0.05) is 29.8 Å². The molecule has 2 aliphatic rings. The second-order valence-electron chi connectivity index (χ2n) is 4.63. The highest BCUT2D eigenvalue weighted by Crippen LogP contribution is 2.28. The van der Waals surface area contributed by atoms with E-state index in [4.69, 9.17) is 12.2 Å². The van der Waals surface area contributed by atoms with Crippen LogP contribution < -0.4 is 16.3 Å². The topological polar surface area (TPSA) is 56.4 Å². The van der Waals surface area contributed by atoms with Crippen LogP contribution in [-0.2, 0) is 4.79 Å². The maximum Gasteiger partial charge on any atom is 0.262 e. The van der Waals surface area contributed by atoms with E-state index in [1.54, 1.807) is 5.01 Å². The summed E-state index contributed by atoms with van der Waals surface area (Å²) in [4.78, 5) is 11.7. The van der Waals surface area contributed by atoms with Crippen molar-refractivity contribution in [2.24, 2.45) is 0 Å². The predicted octanol–water partition coefficient (Wildman–Crippen LogP) is 0.534. The molecule has 2 heterocycles. The smallest absolute Gasteiger partial charge is 0.262 e. The van der Waals surface area contributed by atoms with Crippen molar-refractivity contribution in [1.29, 1.82) is 0 Å². The van der Waals surface area contributed by atoms with E-state index in [-0.39, 0.29) is 18.0 Å². The Morgan fingerprint density at radius 1 is 1.28 bits per heavy atom. The molecule has 2 atom stereocenters. The fraction of sp³-hybridized carbons (Fsp3) is 0.333. The van der Waals surface area contributed by atoms with E-state index in [1.807, 2.05) is 0 Å². The van der Waals surface area contributed by atoms with Gasteiger partial charge in [-0.3, -0.25) is 20.7 Å². The van der Waals surface area contributed by atoms with Crippen LogP contribution in [0.4, 0.5) is 0 Å². The molecule has 0 aliphatic carbocycles. The van der Waals surface area contributed by atoms with Gasteiger partial charge in [-0.15, -0.1) is 0 Å². The molecule has 0 radical (unpaired) electrons. The second-order valence-corrected chi connectivity index (χ2v) is 5.02. The molecule has 6 heteroatoms. The minimum Gasteiger partial charge on any atom is -0.273 e. The lowest BCUT2D eigenvalue weighted by molar-refractivity contribution is -0.126. The van der Waals surface area contributed by atoms with Crippen molar-refractivity contribution >= 4 is 23.2 Å². The SMILES string of the molecule is Cc1ccc(C2CC3C(=O)NNC(=S)N3N2)cc1. The van der Waals surface area contributed by atoms with Crippen molar-refractivity contribution in [2.75, 3.05) is 0 Å². The van der Waals surface area contributed by atoms with Gasteiger partial charge in [-0.2, -0.15) is 0 Å². The number of fused-ring (bicyclic) bond motifs is 1. The first-order valence-electron chi connectivity index (χ1n) is 5.87. The molecule has 2 aliphatic heterocycles. The van der Waals surface area contributed by atoms with Gasteiger partial charge in [0.25, 0.3) is 5.91 Å². The molecular formula is C12H14N4OS. The third-order valence-corrected chi connectivity index (χ3v) is 3.66. The maximum atomic E-state index is 11.7. The molecule has 18 heavy (non-hydrogen) atoms. The number of rotatable bonds is 1. The summed E-state index contributed by atoms with van der Waals surface area (Å²) < 4.78 is 0. The first-order chi connectivity index (χ1) is 8.65. The number of hydrazine groups is 2. The van der Waals surface area contributed by atoms with Gasteiger partial charge in [-0.05, 0) is 31.1 Å². The van der Waals surface area contributed by atoms with Crippen molar-refractivity contribution in [3.63, 3.8) is 0 Å². The van der Waals surface area contributed by atoms with Crippen LogP contribution in [-0.4, -0.2) is 22.1 Å². The van der Waals surface area contributed by atoms with Crippen LogP contribution in [0.25, 0.3) is 0 Å². The molecule has 3 N–H and O–H groups in total. The Morgan fingerprint density at radius 2 is 2.00 bits per heavy atom. The fourth-order valence-corrected chi connectivity index (χ4v) is 2.56. The van der Waals surface area contributed by atoms with Crippen LogP contribution >= 0.6 is 12.2 Å². The van der Waals surface area contributed by atoms with Gasteiger partial charge in [0.1, 0.15) is 6.04 Å². The van der Waals surface area contributed by atoms with Crippen LogP contribution in [0.15, 0.2) is 24.3 Å². The molecule has 3 rings (SSSR count). The van der Waals surface area contributed by atoms with Gasteiger partial charge >= 0.3 is 0 Å². The van der Waals surface area contributed by atoms with Crippen molar-refractivity contribution in [3.05, 3.63) is 35.4 Å². The number of nitrogens with one attached hydrogen (secondary N) is 3. The molecule has 2 fully saturated rings. The molecule has 0 bridgehead atoms. The summed E-state index contributed by atoms with van der Waals surface area (Å²) in [5.41, 5.74) is 10.9. The lowest BCUT2D eigenvalue weighted by Crippen LogP contribution is -2.63. The van der Waals surface area contributed by atoms with Crippen molar-refractivity contribution in [2.45, 2.75) is 25.4 Å². The van der Waals surface area contributed by atoms with E-state index in [0.29, 0.717) is 5.11 Å². The van der Waals surface area contributed by atoms with Crippen LogP contribution in [0.2, 0.25) is 0 Å². The van der Waals surface area contributed by atoms with Gasteiger partial charge < -0.3 is 0 Å². The Bertz CT molecular complexity index is 477. The summed E-state index contributed by atoms with van der Waals surface area (Å²) >= 11 is 5.16. The number of hydrogen-bond donors (Lipinski definition) is 3. The number of carbonyl (C=O) groups excluding carboxylic acids is 1. The average Bonchev–Trinajstić information content (AvgIpc) is 2.81. The second kappa shape index (κ2) is 4.22. The van der Waals surface area contributed by atoms with Crippen molar-refractivity contribution in [1.82, 2.24) is 21.3 Å². The number of hydrogen-bond acceptors (Lipinski definition) is 3. The molecule has 1 aromatic carbocycles. The highest BCUT2D eigenvalue weighted by molar-refractivity contribution is 7.80. The summed E-state index contributed by atoms with van der Waals surface area (Å²) in [6.45, 7) is 2.06. The lowest BCUT2D eigenvalue weighted by Gasteiger charge is -2.31. The van der Waals surface area contributed by atoms with Crippen molar-refractivity contribution < 1.29 is 4.79 Å². The van der Waals surface area contributed by atoms with E-state index in [1.165, 1.54) is 11.1 Å². The molecule has 0 aromatic heterocycles. The van der Waals surface area contributed by atoms with Crippen LogP contribution in [0.5, 0.6) is 0 Å². The van der Waals surface area contributed by atoms with Gasteiger partial charge in [-0.25, -0.2) is 5.43 Å². The molecule has 0 spiro atoms. The highest BCUT2D eigenvalue weighted by atomic mass is 32.1. The zero-order chi connectivity index (χ0) is 12.7. The Hall–Kier alpha value is -1.66. The normalized spacial score (nSPS) is 26.6. The summed E-state index contributed by atoms with van der Waals surface area (Å²) in [5, 5.41) is 2.24. The largest absolute Gasteiger partial charge is 0.273 e. The number of benzene rings is 1. The molecule has 2 saturated heterocycles. The third-order valence-electron chi connectivity index (χ3n) is 3.36. The summed E-state index contributed by atoms with van der Waals surface area (Å²) in [6, 6.07) is 8.21. The quantitative estimate of drug-likeness (QED) is 0.645. The van der Waals surface area contributed by atoms with E-state index < -0.39 is 0 Å². The summed E-state index contributed by atoms with van der Waals surface area (Å²) in [5.74, 6) is -0.0503. The van der Waals surface area contributed by atoms with Gasteiger partial charge in [0, 0.05) is 0 Å². The molecule has 5 nitrogen and oxygen atoms in total. The van der Waals surface area contributed by atoms with Crippen LogP contribution in [0.1, 0.15) is 23.6 Å². The Balaban J connectivity index is 1.83. The number of thiocarbonyl (C=S) groups is 1. The Morgan fingerprint density at radius 3 is 2.67 bits per heavy atom. The Kier molecular flexibility index (Phi) is 2.68.